The highest BCUT2D eigenvalue weighted by molar-refractivity contribution is 5.98. The van der Waals surface area contributed by atoms with Crippen LogP contribution in [0.25, 0.3) is 0 Å². The number of hydrogen-bond acceptors (Lipinski definition) is 7. The van der Waals surface area contributed by atoms with E-state index in [1.807, 2.05) is 13.8 Å². The van der Waals surface area contributed by atoms with Crippen LogP contribution in [-0.4, -0.2) is 42.1 Å². The smallest absolute Gasteiger partial charge is 0.328 e. The highest BCUT2D eigenvalue weighted by Crippen LogP contribution is 2.33. The number of nitrogens with zero attached hydrogens (tertiary/aromatic N) is 1. The minimum Gasteiger partial charge on any atom is -0.493 e. The monoisotopic (exact) mass is 470 g/mol. The van der Waals surface area contributed by atoms with Gasteiger partial charge in [0.1, 0.15) is 12.1 Å². The Hall–Kier alpha value is -3.42. The molecule has 8 nitrogen and oxygen atoms in total. The van der Waals surface area contributed by atoms with Gasteiger partial charge in [-0.2, -0.15) is 0 Å². The molecule has 0 saturated carbocycles. The van der Waals surface area contributed by atoms with Gasteiger partial charge in [-0.05, 0) is 44.7 Å². The molecule has 1 aromatic carbocycles. The molecule has 0 saturated heterocycles. The number of carbonyl (C=O) groups excluding carboxylic acids is 3. The van der Waals surface area contributed by atoms with E-state index in [1.54, 1.807) is 0 Å². The molecule has 0 aliphatic rings. The molecule has 0 aliphatic carbocycles. The van der Waals surface area contributed by atoms with Crippen LogP contribution in [0.1, 0.15) is 67.7 Å². The Morgan fingerprint density at radius 2 is 1.71 bits per heavy atom. The molecular weight excluding hydrogens is 436 g/mol. The zero-order valence-electron chi connectivity index (χ0n) is 21.1. The van der Waals surface area contributed by atoms with Crippen molar-refractivity contribution in [2.24, 2.45) is 5.92 Å². The van der Waals surface area contributed by atoms with E-state index in [9.17, 15) is 14.4 Å². The summed E-state index contributed by atoms with van der Waals surface area (Å²) >= 11 is 0. The first kappa shape index (κ1) is 26.8. The Kier molecular flexibility index (Phi) is 9.18. The summed E-state index contributed by atoms with van der Waals surface area (Å²) in [6.45, 7) is 12.9. The van der Waals surface area contributed by atoms with Crippen LogP contribution in [0.5, 0.6) is 11.5 Å². The fourth-order valence-electron chi connectivity index (χ4n) is 4.03. The summed E-state index contributed by atoms with van der Waals surface area (Å²) in [5, 5.41) is 2.57. The van der Waals surface area contributed by atoms with Gasteiger partial charge in [0.25, 0.3) is 5.91 Å². The van der Waals surface area contributed by atoms with Crippen molar-refractivity contribution in [1.82, 2.24) is 10.3 Å². The lowest BCUT2D eigenvalue weighted by Crippen LogP contribution is -2.42. The van der Waals surface area contributed by atoms with Crippen LogP contribution in [0.4, 0.5) is 0 Å². The molecule has 0 fully saturated rings. The topological polar surface area (TPSA) is 104 Å². The summed E-state index contributed by atoms with van der Waals surface area (Å²) in [6.07, 6.45) is 0.933. The average molecular weight is 471 g/mol. The maximum absolute atomic E-state index is 12.8. The fourth-order valence-corrected chi connectivity index (χ4v) is 4.03. The third kappa shape index (κ3) is 6.56. The number of aromatic nitrogens is 1. The van der Waals surface area contributed by atoms with E-state index in [1.165, 1.54) is 38.8 Å². The summed E-state index contributed by atoms with van der Waals surface area (Å²) in [4.78, 5) is 41.1. The fraction of sp³-hybridized carbons (Fsp3) is 0.462. The normalized spacial score (nSPS) is 13.6. The largest absolute Gasteiger partial charge is 0.493 e. The number of rotatable bonds is 9. The van der Waals surface area contributed by atoms with E-state index in [-0.39, 0.29) is 29.0 Å². The Morgan fingerprint density at radius 3 is 2.26 bits per heavy atom. The second-order valence-electron chi connectivity index (χ2n) is 8.75. The Bertz CT molecular complexity index is 1050. The van der Waals surface area contributed by atoms with E-state index in [4.69, 9.17) is 14.2 Å². The summed E-state index contributed by atoms with van der Waals surface area (Å²) < 4.78 is 16.0. The van der Waals surface area contributed by atoms with Gasteiger partial charge < -0.3 is 19.5 Å². The minimum atomic E-state index is -0.958. The lowest BCUT2D eigenvalue weighted by atomic mass is 9.82. The van der Waals surface area contributed by atoms with Gasteiger partial charge in [-0.1, -0.05) is 37.6 Å². The molecule has 1 N–H and O–H groups in total. The average Bonchev–Trinajstić information content (AvgIpc) is 2.74. The van der Waals surface area contributed by atoms with Gasteiger partial charge in [-0.3, -0.25) is 9.59 Å². The predicted molar refractivity (Wildman–Crippen MR) is 128 cm³/mol. The molecule has 0 aliphatic heterocycles. The molecule has 2 aromatic rings. The van der Waals surface area contributed by atoms with Gasteiger partial charge in [0.05, 0.1) is 7.11 Å². The molecule has 8 heteroatoms. The summed E-state index contributed by atoms with van der Waals surface area (Å²) in [5.74, 6) is -1.63. The van der Waals surface area contributed by atoms with Crippen LogP contribution in [0.2, 0.25) is 0 Å². The predicted octanol–water partition coefficient (Wildman–Crippen LogP) is 4.12. The van der Waals surface area contributed by atoms with Gasteiger partial charge in [0.2, 0.25) is 5.75 Å². The number of aryl methyl sites for hydroxylation is 2. The SMILES string of the molecule is COc1ccnc(C(=O)N[C@@H](C)C(=O)O[C@@H](C)C(c2ccc(C)cc2C)C(C)C)c1OC(C)=O. The van der Waals surface area contributed by atoms with Crippen molar-refractivity contribution < 1.29 is 28.6 Å². The van der Waals surface area contributed by atoms with Crippen molar-refractivity contribution in [2.45, 2.75) is 66.5 Å². The summed E-state index contributed by atoms with van der Waals surface area (Å²) in [6, 6.07) is 6.75. The van der Waals surface area contributed by atoms with Crippen LogP contribution in [0.15, 0.2) is 30.5 Å². The lowest BCUT2D eigenvalue weighted by Gasteiger charge is -2.30. The van der Waals surface area contributed by atoms with Crippen LogP contribution in [0, 0.1) is 19.8 Å². The number of pyridine rings is 1. The third-order valence-electron chi connectivity index (χ3n) is 5.56. The minimum absolute atomic E-state index is 0.0110. The van der Waals surface area contributed by atoms with Gasteiger partial charge in [0.15, 0.2) is 11.4 Å². The molecule has 1 heterocycles. The number of benzene rings is 1. The Balaban J connectivity index is 2.16. The van der Waals surface area contributed by atoms with Crippen molar-refractivity contribution in [2.75, 3.05) is 7.11 Å². The Labute approximate surface area is 201 Å². The zero-order valence-corrected chi connectivity index (χ0v) is 21.1. The van der Waals surface area contributed by atoms with E-state index in [0.29, 0.717) is 0 Å². The van der Waals surface area contributed by atoms with Crippen molar-refractivity contribution in [3.05, 3.63) is 52.8 Å². The van der Waals surface area contributed by atoms with Crippen LogP contribution < -0.4 is 14.8 Å². The van der Waals surface area contributed by atoms with Crippen molar-refractivity contribution in [3.63, 3.8) is 0 Å². The van der Waals surface area contributed by atoms with Gasteiger partial charge in [0, 0.05) is 25.1 Å². The lowest BCUT2D eigenvalue weighted by molar-refractivity contribution is -0.151. The van der Waals surface area contributed by atoms with Crippen LogP contribution in [0.3, 0.4) is 0 Å². The molecule has 0 radical (unpaired) electrons. The van der Waals surface area contributed by atoms with Gasteiger partial charge in [-0.25, -0.2) is 9.78 Å². The second-order valence-corrected chi connectivity index (χ2v) is 8.75. The van der Waals surface area contributed by atoms with Gasteiger partial charge >= 0.3 is 11.9 Å². The van der Waals surface area contributed by atoms with Crippen LogP contribution in [-0.2, 0) is 14.3 Å². The Morgan fingerprint density at radius 1 is 1.03 bits per heavy atom. The molecule has 1 unspecified atom stereocenters. The van der Waals surface area contributed by atoms with E-state index in [0.717, 1.165) is 11.1 Å². The number of nitrogens with one attached hydrogen (secondary N) is 1. The molecule has 184 valence electrons. The third-order valence-corrected chi connectivity index (χ3v) is 5.56. The molecule has 3 atom stereocenters. The maximum Gasteiger partial charge on any atom is 0.328 e. The summed E-state index contributed by atoms with van der Waals surface area (Å²) in [5.41, 5.74) is 3.27. The van der Waals surface area contributed by atoms with Crippen molar-refractivity contribution in [3.8, 4) is 11.5 Å². The molecule has 1 aromatic heterocycles. The first-order valence-corrected chi connectivity index (χ1v) is 11.3. The maximum atomic E-state index is 12.8. The highest BCUT2D eigenvalue weighted by Gasteiger charge is 2.30. The number of carbonyl (C=O) groups is 3. The van der Waals surface area contributed by atoms with Crippen molar-refractivity contribution in [1.29, 1.82) is 0 Å². The van der Waals surface area contributed by atoms with E-state index < -0.39 is 30.0 Å². The standard InChI is InChI=1S/C26H34N2O6/c1-14(2)22(20-10-9-15(3)13-16(20)4)18(6)33-26(31)17(5)28-25(30)23-24(34-19(7)29)21(32-8)11-12-27-23/h9-14,17-18,22H,1-8H3,(H,28,30)/t17-,18-,22?/m0/s1. The molecule has 0 bridgehead atoms. The number of methoxy groups -OCH3 is 1. The molecule has 34 heavy (non-hydrogen) atoms. The number of ether oxygens (including phenoxy) is 3. The highest BCUT2D eigenvalue weighted by atomic mass is 16.6. The summed E-state index contributed by atoms with van der Waals surface area (Å²) in [7, 11) is 1.38. The second kappa shape index (κ2) is 11.6. The first-order chi connectivity index (χ1) is 16.0. The molecule has 2 rings (SSSR count). The van der Waals surface area contributed by atoms with Crippen LogP contribution >= 0.6 is 0 Å². The van der Waals surface area contributed by atoms with E-state index >= 15 is 0 Å². The number of hydrogen-bond donors (Lipinski definition) is 1. The first-order valence-electron chi connectivity index (χ1n) is 11.3. The molecule has 1 amide bonds. The number of esters is 2. The zero-order chi connectivity index (χ0) is 25.6. The van der Waals surface area contributed by atoms with Crippen molar-refractivity contribution >= 4 is 17.8 Å². The quantitative estimate of drug-likeness (QED) is 0.550. The van der Waals surface area contributed by atoms with E-state index in [2.05, 4.69) is 49.3 Å². The molecular formula is C26H34N2O6. The van der Waals surface area contributed by atoms with Gasteiger partial charge in [-0.15, -0.1) is 0 Å². The number of amides is 1. The molecule has 0 spiro atoms.